The predicted molar refractivity (Wildman–Crippen MR) is 77.0 cm³/mol. The molecule has 8 nitrogen and oxygen atoms in total. The standard InChI is InChI=1S/C13H18N4O4/c18-17(19)13-12(16-3-7-21-8-4-16)9-11(10-14-13)15-1-5-20-6-2-15/h9-10H,1-8H2. The highest BCUT2D eigenvalue weighted by atomic mass is 16.6. The molecule has 2 aliphatic heterocycles. The van der Waals surface area contributed by atoms with Crippen LogP contribution in [0.25, 0.3) is 0 Å². The van der Waals surface area contributed by atoms with Crippen molar-refractivity contribution in [1.29, 1.82) is 0 Å². The third-order valence-corrected chi connectivity index (χ3v) is 3.73. The van der Waals surface area contributed by atoms with Gasteiger partial charge in [-0.2, -0.15) is 0 Å². The molecule has 0 aliphatic carbocycles. The van der Waals surface area contributed by atoms with E-state index >= 15 is 0 Å². The Morgan fingerprint density at radius 2 is 1.62 bits per heavy atom. The van der Waals surface area contributed by atoms with E-state index in [1.165, 1.54) is 0 Å². The lowest BCUT2D eigenvalue weighted by atomic mass is 10.2. The van der Waals surface area contributed by atoms with Crippen LogP contribution >= 0.6 is 0 Å². The van der Waals surface area contributed by atoms with Crippen LogP contribution in [0.1, 0.15) is 0 Å². The first-order chi connectivity index (χ1) is 10.3. The Balaban J connectivity index is 1.91. The number of hydrogen-bond donors (Lipinski definition) is 0. The topological polar surface area (TPSA) is 81.0 Å². The minimum Gasteiger partial charge on any atom is -0.378 e. The maximum absolute atomic E-state index is 11.2. The molecule has 0 spiro atoms. The van der Waals surface area contributed by atoms with Gasteiger partial charge in [0, 0.05) is 26.2 Å². The van der Waals surface area contributed by atoms with Gasteiger partial charge >= 0.3 is 5.82 Å². The quantitative estimate of drug-likeness (QED) is 0.598. The van der Waals surface area contributed by atoms with Crippen LogP contribution in [0, 0.1) is 10.1 Å². The second-order valence-corrected chi connectivity index (χ2v) is 4.99. The minimum absolute atomic E-state index is 0.0890. The molecular formula is C13H18N4O4. The van der Waals surface area contributed by atoms with Gasteiger partial charge in [0.15, 0.2) is 6.20 Å². The minimum atomic E-state index is -0.423. The lowest BCUT2D eigenvalue weighted by Crippen LogP contribution is -2.38. The molecule has 114 valence electrons. The molecule has 2 saturated heterocycles. The van der Waals surface area contributed by atoms with E-state index in [0.29, 0.717) is 45.2 Å². The summed E-state index contributed by atoms with van der Waals surface area (Å²) < 4.78 is 10.6. The van der Waals surface area contributed by atoms with Crippen molar-refractivity contribution in [3.8, 4) is 0 Å². The van der Waals surface area contributed by atoms with E-state index < -0.39 is 4.92 Å². The smallest absolute Gasteiger partial charge is 0.378 e. The molecular weight excluding hydrogens is 276 g/mol. The Labute approximate surface area is 122 Å². The molecule has 3 heterocycles. The molecule has 0 atom stereocenters. The number of pyridine rings is 1. The number of morpholine rings is 2. The molecule has 0 amide bonds. The van der Waals surface area contributed by atoms with Crippen molar-refractivity contribution in [2.45, 2.75) is 0 Å². The molecule has 0 aromatic carbocycles. The van der Waals surface area contributed by atoms with E-state index in [1.807, 2.05) is 11.0 Å². The molecule has 0 N–H and O–H groups in total. The van der Waals surface area contributed by atoms with Crippen molar-refractivity contribution < 1.29 is 14.4 Å². The van der Waals surface area contributed by atoms with Gasteiger partial charge in [0.05, 0.1) is 32.1 Å². The van der Waals surface area contributed by atoms with E-state index in [1.54, 1.807) is 6.20 Å². The third kappa shape index (κ3) is 3.06. The van der Waals surface area contributed by atoms with E-state index in [-0.39, 0.29) is 5.82 Å². The fraction of sp³-hybridized carbons (Fsp3) is 0.615. The van der Waals surface area contributed by atoms with Crippen LogP contribution in [0.3, 0.4) is 0 Å². The van der Waals surface area contributed by atoms with Gasteiger partial charge in [-0.1, -0.05) is 0 Å². The highest BCUT2D eigenvalue weighted by Gasteiger charge is 2.25. The molecule has 21 heavy (non-hydrogen) atoms. The number of anilines is 2. The number of ether oxygens (including phenoxy) is 2. The second-order valence-electron chi connectivity index (χ2n) is 4.99. The molecule has 0 radical (unpaired) electrons. The fourth-order valence-electron chi connectivity index (χ4n) is 2.61. The van der Waals surface area contributed by atoms with Crippen LogP contribution in [0.2, 0.25) is 0 Å². The summed E-state index contributed by atoms with van der Waals surface area (Å²) in [5.41, 5.74) is 1.48. The van der Waals surface area contributed by atoms with E-state index in [2.05, 4.69) is 9.88 Å². The lowest BCUT2D eigenvalue weighted by molar-refractivity contribution is -0.388. The van der Waals surface area contributed by atoms with Gasteiger partial charge in [0.1, 0.15) is 5.69 Å². The summed E-state index contributed by atoms with van der Waals surface area (Å²) in [6.07, 6.45) is 1.58. The van der Waals surface area contributed by atoms with Gasteiger partial charge in [0.25, 0.3) is 0 Å². The zero-order valence-corrected chi connectivity index (χ0v) is 11.7. The van der Waals surface area contributed by atoms with Crippen LogP contribution in [-0.4, -0.2) is 62.5 Å². The van der Waals surface area contributed by atoms with Crippen LogP contribution in [0.4, 0.5) is 17.2 Å². The summed E-state index contributed by atoms with van der Waals surface area (Å²) in [6.45, 7) is 5.36. The molecule has 2 aliphatic rings. The molecule has 8 heteroatoms. The van der Waals surface area contributed by atoms with Gasteiger partial charge in [-0.25, -0.2) is 0 Å². The van der Waals surface area contributed by atoms with Crippen molar-refractivity contribution in [3.05, 3.63) is 22.4 Å². The van der Waals surface area contributed by atoms with Crippen LogP contribution in [0.15, 0.2) is 12.3 Å². The molecule has 1 aromatic rings. The van der Waals surface area contributed by atoms with Crippen molar-refractivity contribution in [3.63, 3.8) is 0 Å². The van der Waals surface area contributed by atoms with Crippen LogP contribution < -0.4 is 9.80 Å². The number of rotatable bonds is 3. The number of hydrogen-bond acceptors (Lipinski definition) is 7. The first-order valence-electron chi connectivity index (χ1n) is 7.05. The van der Waals surface area contributed by atoms with E-state index in [4.69, 9.17) is 9.47 Å². The average Bonchev–Trinajstić information content (AvgIpc) is 2.56. The molecule has 2 fully saturated rings. The normalized spacial score (nSPS) is 19.6. The van der Waals surface area contributed by atoms with E-state index in [0.717, 1.165) is 18.8 Å². The van der Waals surface area contributed by atoms with Gasteiger partial charge < -0.3 is 29.4 Å². The Bertz CT molecular complexity index is 513. The maximum atomic E-state index is 11.2. The van der Waals surface area contributed by atoms with Crippen molar-refractivity contribution in [2.24, 2.45) is 0 Å². The first kappa shape index (κ1) is 14.0. The summed E-state index contributed by atoms with van der Waals surface area (Å²) >= 11 is 0. The Morgan fingerprint density at radius 1 is 1.05 bits per heavy atom. The van der Waals surface area contributed by atoms with Crippen molar-refractivity contribution >= 4 is 17.2 Å². The zero-order chi connectivity index (χ0) is 14.7. The summed E-state index contributed by atoms with van der Waals surface area (Å²) in [5.74, 6) is -0.0890. The highest BCUT2D eigenvalue weighted by molar-refractivity contribution is 5.66. The van der Waals surface area contributed by atoms with E-state index in [9.17, 15) is 10.1 Å². The van der Waals surface area contributed by atoms with Crippen molar-refractivity contribution in [1.82, 2.24) is 4.98 Å². The zero-order valence-electron chi connectivity index (χ0n) is 11.7. The third-order valence-electron chi connectivity index (χ3n) is 3.73. The lowest BCUT2D eigenvalue weighted by Gasteiger charge is -2.31. The Kier molecular flexibility index (Phi) is 4.16. The molecule has 0 bridgehead atoms. The SMILES string of the molecule is O=[N+]([O-])c1ncc(N2CCOCC2)cc1N1CCOCC1. The highest BCUT2D eigenvalue weighted by Crippen LogP contribution is 2.31. The second kappa shape index (κ2) is 6.23. The molecule has 1 aromatic heterocycles. The molecule has 0 saturated carbocycles. The summed E-state index contributed by atoms with van der Waals surface area (Å²) in [4.78, 5) is 19.0. The van der Waals surface area contributed by atoms with Gasteiger partial charge in [-0.05, 0) is 16.0 Å². The predicted octanol–water partition coefficient (Wildman–Crippen LogP) is 0.663. The number of aromatic nitrogens is 1. The monoisotopic (exact) mass is 294 g/mol. The largest absolute Gasteiger partial charge is 0.387 e. The van der Waals surface area contributed by atoms with Crippen molar-refractivity contribution in [2.75, 3.05) is 62.4 Å². The van der Waals surface area contributed by atoms with Crippen LogP contribution in [-0.2, 0) is 9.47 Å². The molecule has 3 rings (SSSR count). The number of nitrogens with zero attached hydrogens (tertiary/aromatic N) is 4. The van der Waals surface area contributed by atoms with Crippen LogP contribution in [0.5, 0.6) is 0 Å². The summed E-state index contributed by atoms with van der Waals surface area (Å²) in [6, 6.07) is 1.86. The summed E-state index contributed by atoms with van der Waals surface area (Å²) in [7, 11) is 0. The maximum Gasteiger partial charge on any atom is 0.387 e. The van der Waals surface area contributed by atoms with Gasteiger partial charge in [0.2, 0.25) is 0 Å². The first-order valence-corrected chi connectivity index (χ1v) is 7.05. The molecule has 0 unspecified atom stereocenters. The van der Waals surface area contributed by atoms with Gasteiger partial charge in [-0.15, -0.1) is 0 Å². The summed E-state index contributed by atoms with van der Waals surface area (Å²) in [5, 5.41) is 11.2. The fourth-order valence-corrected chi connectivity index (χ4v) is 2.61. The average molecular weight is 294 g/mol. The Morgan fingerprint density at radius 3 is 2.19 bits per heavy atom. The van der Waals surface area contributed by atoms with Gasteiger partial charge in [-0.3, -0.25) is 0 Å². The number of nitro groups is 1. The Hall–Kier alpha value is -1.93.